The van der Waals surface area contributed by atoms with E-state index in [0.717, 1.165) is 50.4 Å². The molecule has 1 unspecified atom stereocenters. The van der Waals surface area contributed by atoms with E-state index in [1.807, 2.05) is 11.8 Å². The lowest BCUT2D eigenvalue weighted by molar-refractivity contribution is -0.119. The summed E-state index contributed by atoms with van der Waals surface area (Å²) in [5, 5.41) is 6.38. The van der Waals surface area contributed by atoms with Crippen LogP contribution >= 0.6 is 11.8 Å². The average Bonchev–Trinajstić information content (AvgIpc) is 3.06. The Morgan fingerprint density at radius 1 is 1.41 bits per heavy atom. The van der Waals surface area contributed by atoms with Gasteiger partial charge in [0.05, 0.1) is 5.92 Å². The minimum absolute atomic E-state index is 0.113. The molecule has 120 valence electrons. The number of amides is 1. The topological polar surface area (TPSA) is 44.4 Å². The largest absolute Gasteiger partial charge is 0.326 e. The molecule has 1 atom stereocenters. The first kappa shape index (κ1) is 15.8. The molecule has 3 rings (SSSR count). The molecule has 0 spiro atoms. The number of carbonyl (C=O) groups is 1. The van der Waals surface area contributed by atoms with E-state index in [1.165, 1.54) is 17.1 Å². The summed E-state index contributed by atoms with van der Waals surface area (Å²) < 4.78 is 0. The molecule has 2 aliphatic rings. The monoisotopic (exact) mass is 319 g/mol. The molecule has 0 bridgehead atoms. The van der Waals surface area contributed by atoms with E-state index in [1.54, 1.807) is 0 Å². The number of hydrogen-bond acceptors (Lipinski definition) is 4. The maximum absolute atomic E-state index is 12.3. The van der Waals surface area contributed by atoms with Gasteiger partial charge in [-0.25, -0.2) is 0 Å². The van der Waals surface area contributed by atoms with Crippen LogP contribution in [0.2, 0.25) is 0 Å². The minimum atomic E-state index is 0.113. The first-order chi connectivity index (χ1) is 10.7. The maximum atomic E-state index is 12.3. The summed E-state index contributed by atoms with van der Waals surface area (Å²) >= 11 is 2.03. The van der Waals surface area contributed by atoms with Gasteiger partial charge in [-0.2, -0.15) is 11.8 Å². The van der Waals surface area contributed by atoms with Crippen LogP contribution in [0.1, 0.15) is 17.5 Å². The Hall–Kier alpha value is -1.04. The third-order valence-electron chi connectivity index (χ3n) is 4.50. The quantitative estimate of drug-likeness (QED) is 0.892. The molecule has 0 aromatic heterocycles. The predicted molar refractivity (Wildman–Crippen MR) is 93.4 cm³/mol. The molecule has 2 saturated heterocycles. The molecule has 2 heterocycles. The fourth-order valence-corrected chi connectivity index (χ4v) is 4.01. The van der Waals surface area contributed by atoms with E-state index in [9.17, 15) is 4.79 Å². The Morgan fingerprint density at radius 3 is 2.95 bits per heavy atom. The van der Waals surface area contributed by atoms with Crippen molar-refractivity contribution in [1.82, 2.24) is 10.2 Å². The summed E-state index contributed by atoms with van der Waals surface area (Å²) in [5.41, 5.74) is 3.40. The van der Waals surface area contributed by atoms with Crippen molar-refractivity contribution in [3.05, 3.63) is 29.3 Å². The van der Waals surface area contributed by atoms with Crippen molar-refractivity contribution in [3.8, 4) is 0 Å². The van der Waals surface area contributed by atoms with Gasteiger partial charge < -0.3 is 10.6 Å². The van der Waals surface area contributed by atoms with E-state index in [4.69, 9.17) is 0 Å². The van der Waals surface area contributed by atoms with E-state index in [0.29, 0.717) is 0 Å². The molecule has 5 heteroatoms. The van der Waals surface area contributed by atoms with Gasteiger partial charge in [0.15, 0.2) is 0 Å². The zero-order valence-electron chi connectivity index (χ0n) is 13.2. The van der Waals surface area contributed by atoms with E-state index >= 15 is 0 Å². The molecule has 2 aliphatic heterocycles. The van der Waals surface area contributed by atoms with E-state index < -0.39 is 0 Å². The van der Waals surface area contributed by atoms with Crippen LogP contribution in [0.5, 0.6) is 0 Å². The highest BCUT2D eigenvalue weighted by Crippen LogP contribution is 2.21. The Kier molecular flexibility index (Phi) is 5.39. The zero-order valence-corrected chi connectivity index (χ0v) is 14.0. The number of benzene rings is 1. The normalized spacial score (nSPS) is 22.7. The second-order valence-electron chi connectivity index (χ2n) is 6.22. The van der Waals surface area contributed by atoms with Crippen molar-refractivity contribution in [2.45, 2.75) is 19.9 Å². The first-order valence-electron chi connectivity index (χ1n) is 8.13. The van der Waals surface area contributed by atoms with Gasteiger partial charge >= 0.3 is 0 Å². The van der Waals surface area contributed by atoms with Crippen molar-refractivity contribution >= 4 is 23.4 Å². The Bertz CT molecular complexity index is 523. The van der Waals surface area contributed by atoms with Crippen LogP contribution in [0.3, 0.4) is 0 Å². The molecular weight excluding hydrogens is 294 g/mol. The van der Waals surface area contributed by atoms with Crippen molar-refractivity contribution in [2.24, 2.45) is 5.92 Å². The fourth-order valence-electron chi connectivity index (χ4n) is 3.03. The van der Waals surface area contributed by atoms with Crippen LogP contribution < -0.4 is 10.6 Å². The lowest BCUT2D eigenvalue weighted by Gasteiger charge is -2.26. The van der Waals surface area contributed by atoms with Crippen LogP contribution in [-0.4, -0.2) is 48.5 Å². The van der Waals surface area contributed by atoms with Crippen LogP contribution in [0, 0.1) is 12.8 Å². The molecule has 2 N–H and O–H groups in total. The van der Waals surface area contributed by atoms with E-state index in [2.05, 4.69) is 40.7 Å². The number of thioether (sulfide) groups is 1. The molecule has 1 aromatic rings. The van der Waals surface area contributed by atoms with Crippen LogP contribution in [0.15, 0.2) is 18.2 Å². The molecule has 22 heavy (non-hydrogen) atoms. The predicted octanol–water partition coefficient (Wildman–Crippen LogP) is 2.09. The highest BCUT2D eigenvalue weighted by Gasteiger charge is 2.22. The van der Waals surface area contributed by atoms with Gasteiger partial charge in [0.1, 0.15) is 0 Å². The summed E-state index contributed by atoms with van der Waals surface area (Å²) in [6.45, 7) is 7.11. The second-order valence-corrected chi connectivity index (χ2v) is 7.44. The summed E-state index contributed by atoms with van der Waals surface area (Å²) in [7, 11) is 0. The van der Waals surface area contributed by atoms with E-state index in [-0.39, 0.29) is 11.8 Å². The van der Waals surface area contributed by atoms with Gasteiger partial charge in [-0.15, -0.1) is 0 Å². The van der Waals surface area contributed by atoms with Crippen molar-refractivity contribution in [2.75, 3.05) is 43.0 Å². The number of nitrogens with zero attached hydrogens (tertiary/aromatic N) is 1. The molecule has 1 aromatic carbocycles. The molecular formula is C17H25N3OS. The molecule has 0 radical (unpaired) electrons. The number of hydrogen-bond donors (Lipinski definition) is 2. The van der Waals surface area contributed by atoms with Crippen molar-refractivity contribution < 1.29 is 4.79 Å². The van der Waals surface area contributed by atoms with Gasteiger partial charge in [0.25, 0.3) is 0 Å². The Balaban J connectivity index is 1.65. The summed E-state index contributed by atoms with van der Waals surface area (Å²) in [5.74, 6) is 2.72. The average molecular weight is 319 g/mol. The van der Waals surface area contributed by atoms with Gasteiger partial charge in [-0.05, 0) is 37.1 Å². The summed E-state index contributed by atoms with van der Waals surface area (Å²) in [6.07, 6.45) is 0.940. The third kappa shape index (κ3) is 4.03. The SMILES string of the molecule is Cc1ccc(CN2CCSCC2)cc1NC(=O)C1CCNC1. The fraction of sp³-hybridized carbons (Fsp3) is 0.588. The standard InChI is InChI=1S/C17H25N3OS/c1-13-2-3-14(12-20-6-8-22-9-7-20)10-16(13)19-17(21)15-4-5-18-11-15/h2-3,10,15,18H,4-9,11-12H2,1H3,(H,19,21). The second kappa shape index (κ2) is 7.49. The van der Waals surface area contributed by atoms with Crippen LogP contribution in [-0.2, 0) is 11.3 Å². The highest BCUT2D eigenvalue weighted by atomic mass is 32.2. The van der Waals surface area contributed by atoms with Gasteiger partial charge in [-0.1, -0.05) is 12.1 Å². The first-order valence-corrected chi connectivity index (χ1v) is 9.29. The third-order valence-corrected chi connectivity index (χ3v) is 5.44. The lowest BCUT2D eigenvalue weighted by Crippen LogP contribution is -2.32. The number of carbonyl (C=O) groups excluding carboxylic acids is 1. The summed E-state index contributed by atoms with van der Waals surface area (Å²) in [4.78, 5) is 14.8. The maximum Gasteiger partial charge on any atom is 0.228 e. The van der Waals surface area contributed by atoms with Crippen LogP contribution in [0.4, 0.5) is 5.69 Å². The molecule has 2 fully saturated rings. The number of nitrogens with one attached hydrogen (secondary N) is 2. The van der Waals surface area contributed by atoms with Crippen LogP contribution in [0.25, 0.3) is 0 Å². The zero-order chi connectivity index (χ0) is 15.4. The number of anilines is 1. The molecule has 0 aliphatic carbocycles. The minimum Gasteiger partial charge on any atom is -0.326 e. The Labute approximate surface area is 137 Å². The number of aryl methyl sites for hydroxylation is 1. The molecule has 0 saturated carbocycles. The molecule has 1 amide bonds. The lowest BCUT2D eigenvalue weighted by atomic mass is 10.1. The summed E-state index contributed by atoms with van der Waals surface area (Å²) in [6, 6.07) is 6.46. The van der Waals surface area contributed by atoms with Gasteiger partial charge in [-0.3, -0.25) is 9.69 Å². The number of rotatable bonds is 4. The highest BCUT2D eigenvalue weighted by molar-refractivity contribution is 7.99. The van der Waals surface area contributed by atoms with Crippen molar-refractivity contribution in [1.29, 1.82) is 0 Å². The van der Waals surface area contributed by atoms with Crippen molar-refractivity contribution in [3.63, 3.8) is 0 Å². The molecule has 4 nitrogen and oxygen atoms in total. The van der Waals surface area contributed by atoms with Gasteiger partial charge in [0, 0.05) is 43.4 Å². The Morgan fingerprint density at radius 2 is 2.23 bits per heavy atom. The smallest absolute Gasteiger partial charge is 0.228 e. The van der Waals surface area contributed by atoms with Gasteiger partial charge in [0.2, 0.25) is 5.91 Å².